The van der Waals surface area contributed by atoms with Crippen LogP contribution in [0.3, 0.4) is 0 Å². The van der Waals surface area contributed by atoms with Crippen molar-refractivity contribution < 1.29 is 4.79 Å². The number of amides is 1. The molecule has 20 heavy (non-hydrogen) atoms. The summed E-state index contributed by atoms with van der Waals surface area (Å²) in [6.45, 7) is 4.73. The van der Waals surface area contributed by atoms with Gasteiger partial charge >= 0.3 is 0 Å². The van der Waals surface area contributed by atoms with Crippen LogP contribution in [0.25, 0.3) is 0 Å². The molecule has 2 aromatic rings. The largest absolute Gasteiger partial charge is 0.397 e. The molecule has 106 valence electrons. The van der Waals surface area contributed by atoms with E-state index in [9.17, 15) is 4.79 Å². The molecule has 0 aliphatic heterocycles. The first-order valence-electron chi connectivity index (χ1n) is 6.62. The Morgan fingerprint density at radius 1 is 1.30 bits per heavy atom. The molecule has 0 saturated heterocycles. The molecule has 1 amide bonds. The first-order valence-corrected chi connectivity index (χ1v) is 6.62. The SMILES string of the molecule is Cc1ccc(CN(C)C(=O)c2cc(N)cn2C)c(C)c1. The van der Waals surface area contributed by atoms with E-state index < -0.39 is 0 Å². The number of carbonyl (C=O) groups excluding carboxylic acids is 1. The lowest BCUT2D eigenvalue weighted by Gasteiger charge is -2.19. The van der Waals surface area contributed by atoms with Gasteiger partial charge in [0.15, 0.2) is 0 Å². The van der Waals surface area contributed by atoms with E-state index in [2.05, 4.69) is 32.0 Å². The number of anilines is 1. The molecule has 0 saturated carbocycles. The lowest BCUT2D eigenvalue weighted by molar-refractivity contribution is 0.0775. The molecule has 0 bridgehead atoms. The maximum atomic E-state index is 12.4. The van der Waals surface area contributed by atoms with E-state index >= 15 is 0 Å². The van der Waals surface area contributed by atoms with Crippen molar-refractivity contribution in [2.24, 2.45) is 7.05 Å². The molecular formula is C16H21N3O. The summed E-state index contributed by atoms with van der Waals surface area (Å²) >= 11 is 0. The second-order valence-electron chi connectivity index (χ2n) is 5.36. The van der Waals surface area contributed by atoms with Crippen molar-refractivity contribution >= 4 is 11.6 Å². The van der Waals surface area contributed by atoms with Crippen molar-refractivity contribution in [2.45, 2.75) is 20.4 Å². The Labute approximate surface area is 119 Å². The maximum absolute atomic E-state index is 12.4. The van der Waals surface area contributed by atoms with Gasteiger partial charge in [0.25, 0.3) is 5.91 Å². The molecule has 1 aromatic heterocycles. The van der Waals surface area contributed by atoms with E-state index in [4.69, 9.17) is 5.73 Å². The fraction of sp³-hybridized carbons (Fsp3) is 0.312. The predicted molar refractivity (Wildman–Crippen MR) is 81.5 cm³/mol. The molecule has 0 aliphatic rings. The number of rotatable bonds is 3. The minimum absolute atomic E-state index is 0.0239. The smallest absolute Gasteiger partial charge is 0.270 e. The third-order valence-corrected chi connectivity index (χ3v) is 3.50. The summed E-state index contributed by atoms with van der Waals surface area (Å²) in [7, 11) is 3.64. The lowest BCUT2D eigenvalue weighted by Crippen LogP contribution is -2.28. The van der Waals surface area contributed by atoms with E-state index in [0.29, 0.717) is 17.9 Å². The number of hydrogen-bond donors (Lipinski definition) is 1. The fourth-order valence-corrected chi connectivity index (χ4v) is 2.35. The summed E-state index contributed by atoms with van der Waals surface area (Å²) in [6.07, 6.45) is 1.75. The Kier molecular flexibility index (Phi) is 3.84. The molecule has 0 spiro atoms. The molecule has 1 aromatic carbocycles. The second-order valence-corrected chi connectivity index (χ2v) is 5.36. The number of hydrogen-bond acceptors (Lipinski definition) is 2. The van der Waals surface area contributed by atoms with Crippen LogP contribution in [0.1, 0.15) is 27.2 Å². The van der Waals surface area contributed by atoms with Crippen LogP contribution in [0.4, 0.5) is 5.69 Å². The average molecular weight is 271 g/mol. The van der Waals surface area contributed by atoms with Gasteiger partial charge in [0.1, 0.15) is 5.69 Å². The number of nitrogens with two attached hydrogens (primary N) is 1. The molecule has 2 rings (SSSR count). The van der Waals surface area contributed by atoms with Crippen LogP contribution in [-0.4, -0.2) is 22.4 Å². The summed E-state index contributed by atoms with van der Waals surface area (Å²) < 4.78 is 1.76. The first kappa shape index (κ1) is 14.2. The van der Waals surface area contributed by atoms with E-state index in [1.807, 2.05) is 14.1 Å². The Morgan fingerprint density at radius 3 is 2.55 bits per heavy atom. The van der Waals surface area contributed by atoms with Gasteiger partial charge in [-0.1, -0.05) is 23.8 Å². The molecule has 0 fully saturated rings. The van der Waals surface area contributed by atoms with Crippen LogP contribution in [0, 0.1) is 13.8 Å². The van der Waals surface area contributed by atoms with Gasteiger partial charge in [-0.05, 0) is 31.0 Å². The summed E-state index contributed by atoms with van der Waals surface area (Å²) in [6, 6.07) is 7.99. The van der Waals surface area contributed by atoms with Crippen molar-refractivity contribution in [1.29, 1.82) is 0 Å². The van der Waals surface area contributed by atoms with E-state index in [0.717, 1.165) is 5.56 Å². The van der Waals surface area contributed by atoms with Crippen molar-refractivity contribution in [2.75, 3.05) is 12.8 Å². The zero-order valence-electron chi connectivity index (χ0n) is 12.5. The third-order valence-electron chi connectivity index (χ3n) is 3.50. The van der Waals surface area contributed by atoms with Gasteiger partial charge in [-0.25, -0.2) is 0 Å². The zero-order valence-corrected chi connectivity index (χ0v) is 12.5. The number of carbonyl (C=O) groups is 1. The van der Waals surface area contributed by atoms with E-state index in [1.165, 1.54) is 11.1 Å². The Balaban J connectivity index is 2.17. The monoisotopic (exact) mass is 271 g/mol. The Morgan fingerprint density at radius 2 is 2.00 bits per heavy atom. The molecule has 0 radical (unpaired) electrons. The molecular weight excluding hydrogens is 250 g/mol. The maximum Gasteiger partial charge on any atom is 0.270 e. The molecule has 4 nitrogen and oxygen atoms in total. The molecule has 0 atom stereocenters. The predicted octanol–water partition coefficient (Wildman–Crippen LogP) is 2.50. The van der Waals surface area contributed by atoms with Gasteiger partial charge in [-0.2, -0.15) is 0 Å². The number of nitrogens with zero attached hydrogens (tertiary/aromatic N) is 2. The highest BCUT2D eigenvalue weighted by Crippen LogP contribution is 2.15. The topological polar surface area (TPSA) is 51.3 Å². The Bertz CT molecular complexity index is 643. The third kappa shape index (κ3) is 2.85. The number of benzene rings is 1. The minimum Gasteiger partial charge on any atom is -0.397 e. The lowest BCUT2D eigenvalue weighted by atomic mass is 10.1. The van der Waals surface area contributed by atoms with Crippen LogP contribution in [0.15, 0.2) is 30.5 Å². The van der Waals surface area contributed by atoms with Crippen LogP contribution >= 0.6 is 0 Å². The zero-order chi connectivity index (χ0) is 14.9. The highest BCUT2D eigenvalue weighted by Gasteiger charge is 2.16. The summed E-state index contributed by atoms with van der Waals surface area (Å²) in [5.41, 5.74) is 10.5. The second kappa shape index (κ2) is 5.41. The van der Waals surface area contributed by atoms with Crippen LogP contribution in [0.2, 0.25) is 0 Å². The molecule has 0 aliphatic carbocycles. The number of aromatic nitrogens is 1. The van der Waals surface area contributed by atoms with Crippen molar-refractivity contribution in [3.05, 3.63) is 52.8 Å². The molecule has 4 heteroatoms. The van der Waals surface area contributed by atoms with Crippen molar-refractivity contribution in [1.82, 2.24) is 9.47 Å². The summed E-state index contributed by atoms with van der Waals surface area (Å²) in [5, 5.41) is 0. The number of aryl methyl sites for hydroxylation is 3. The quantitative estimate of drug-likeness (QED) is 0.932. The fourth-order valence-electron chi connectivity index (χ4n) is 2.35. The van der Waals surface area contributed by atoms with Gasteiger partial charge < -0.3 is 15.2 Å². The van der Waals surface area contributed by atoms with Crippen LogP contribution in [-0.2, 0) is 13.6 Å². The van der Waals surface area contributed by atoms with Crippen LogP contribution in [0.5, 0.6) is 0 Å². The minimum atomic E-state index is -0.0239. The van der Waals surface area contributed by atoms with Gasteiger partial charge in [0, 0.05) is 26.8 Å². The normalized spacial score (nSPS) is 10.6. The number of nitrogen functional groups attached to an aromatic ring is 1. The molecule has 2 N–H and O–H groups in total. The van der Waals surface area contributed by atoms with Crippen LogP contribution < -0.4 is 5.73 Å². The highest BCUT2D eigenvalue weighted by atomic mass is 16.2. The van der Waals surface area contributed by atoms with Crippen molar-refractivity contribution in [3.63, 3.8) is 0 Å². The van der Waals surface area contributed by atoms with E-state index in [1.54, 1.807) is 21.7 Å². The average Bonchev–Trinajstić information content (AvgIpc) is 2.71. The highest BCUT2D eigenvalue weighted by molar-refractivity contribution is 5.93. The molecule has 0 unspecified atom stereocenters. The van der Waals surface area contributed by atoms with E-state index in [-0.39, 0.29) is 5.91 Å². The van der Waals surface area contributed by atoms with Crippen molar-refractivity contribution in [3.8, 4) is 0 Å². The molecule has 1 heterocycles. The standard InChI is InChI=1S/C16H21N3O/c1-11-5-6-13(12(2)7-11)9-19(4)16(20)15-8-14(17)10-18(15)3/h5-8,10H,9,17H2,1-4H3. The van der Waals surface area contributed by atoms with Gasteiger partial charge in [0.05, 0.1) is 5.69 Å². The van der Waals surface area contributed by atoms with Gasteiger partial charge in [0.2, 0.25) is 0 Å². The Hall–Kier alpha value is -2.23. The van der Waals surface area contributed by atoms with Gasteiger partial charge in [-0.3, -0.25) is 4.79 Å². The summed E-state index contributed by atoms with van der Waals surface area (Å²) in [5.74, 6) is -0.0239. The van der Waals surface area contributed by atoms with Gasteiger partial charge in [-0.15, -0.1) is 0 Å². The first-order chi connectivity index (χ1) is 9.38. The summed E-state index contributed by atoms with van der Waals surface area (Å²) in [4.78, 5) is 14.1.